The maximum absolute atomic E-state index is 5.51. The van der Waals surface area contributed by atoms with E-state index in [1.165, 1.54) is 37.9 Å². The number of nitrogens with zero attached hydrogens (tertiary/aromatic N) is 1. The Morgan fingerprint density at radius 1 is 1.16 bits per heavy atom. The van der Waals surface area contributed by atoms with Gasteiger partial charge in [-0.15, -0.1) is 0 Å². The number of ether oxygens (including phenoxy) is 1. The molecule has 0 spiro atoms. The molecule has 1 N–H and O–H groups in total. The van der Waals surface area contributed by atoms with Crippen LogP contribution in [0.3, 0.4) is 0 Å². The number of hydrogen-bond acceptors (Lipinski definition) is 3. The van der Waals surface area contributed by atoms with Gasteiger partial charge in [-0.05, 0) is 36.8 Å². The second kappa shape index (κ2) is 5.93. The van der Waals surface area contributed by atoms with Gasteiger partial charge in [-0.1, -0.05) is 18.2 Å². The number of benzene rings is 1. The standard InChI is InChI=1S/C16H24N2O/c1-19-16-5-3-2-4-15(16)13-6-7-14(12-13)18-10-8-17-9-11-18/h2-5,13-14,17H,6-12H2,1H3. The van der Waals surface area contributed by atoms with Crippen molar-refractivity contribution < 1.29 is 4.74 Å². The molecule has 1 aromatic rings. The Bertz CT molecular complexity index is 415. The lowest BCUT2D eigenvalue weighted by atomic mass is 9.96. The fraction of sp³-hybridized carbons (Fsp3) is 0.625. The zero-order valence-electron chi connectivity index (χ0n) is 11.8. The van der Waals surface area contributed by atoms with Crippen LogP contribution in [0.25, 0.3) is 0 Å². The highest BCUT2D eigenvalue weighted by atomic mass is 16.5. The highest BCUT2D eigenvalue weighted by molar-refractivity contribution is 5.36. The van der Waals surface area contributed by atoms with Crippen LogP contribution in [0.1, 0.15) is 30.7 Å². The molecule has 1 aliphatic carbocycles. The molecular formula is C16H24N2O. The molecular weight excluding hydrogens is 236 g/mol. The molecule has 1 saturated carbocycles. The highest BCUT2D eigenvalue weighted by Gasteiger charge is 2.31. The molecule has 1 heterocycles. The number of methoxy groups -OCH3 is 1. The molecule has 1 saturated heterocycles. The molecule has 3 nitrogen and oxygen atoms in total. The summed E-state index contributed by atoms with van der Waals surface area (Å²) in [5, 5.41) is 3.44. The Kier molecular flexibility index (Phi) is 4.04. The first-order valence-corrected chi connectivity index (χ1v) is 7.46. The van der Waals surface area contributed by atoms with Crippen molar-refractivity contribution in [2.45, 2.75) is 31.2 Å². The van der Waals surface area contributed by atoms with Crippen molar-refractivity contribution in [3.05, 3.63) is 29.8 Å². The molecule has 1 aromatic carbocycles. The van der Waals surface area contributed by atoms with Gasteiger partial charge in [-0.25, -0.2) is 0 Å². The van der Waals surface area contributed by atoms with E-state index in [4.69, 9.17) is 4.74 Å². The largest absolute Gasteiger partial charge is 0.496 e. The molecule has 2 fully saturated rings. The number of piperazine rings is 1. The molecule has 0 bridgehead atoms. The van der Waals surface area contributed by atoms with Crippen molar-refractivity contribution in [3.63, 3.8) is 0 Å². The fourth-order valence-electron chi connectivity index (χ4n) is 3.62. The minimum atomic E-state index is 0.677. The zero-order chi connectivity index (χ0) is 13.1. The van der Waals surface area contributed by atoms with E-state index in [0.717, 1.165) is 24.9 Å². The summed E-state index contributed by atoms with van der Waals surface area (Å²) < 4.78 is 5.51. The van der Waals surface area contributed by atoms with Gasteiger partial charge in [0.05, 0.1) is 7.11 Å². The van der Waals surface area contributed by atoms with Gasteiger partial charge in [0.2, 0.25) is 0 Å². The van der Waals surface area contributed by atoms with Gasteiger partial charge >= 0.3 is 0 Å². The first-order chi connectivity index (χ1) is 9.38. The third-order valence-electron chi connectivity index (χ3n) is 4.65. The van der Waals surface area contributed by atoms with Crippen LogP contribution in [0.15, 0.2) is 24.3 Å². The molecule has 2 unspecified atom stereocenters. The Hall–Kier alpha value is -1.06. The predicted octanol–water partition coefficient (Wildman–Crippen LogP) is 2.24. The fourth-order valence-corrected chi connectivity index (χ4v) is 3.62. The van der Waals surface area contributed by atoms with Gasteiger partial charge in [0.15, 0.2) is 0 Å². The first-order valence-electron chi connectivity index (χ1n) is 7.46. The van der Waals surface area contributed by atoms with Crippen LogP contribution >= 0.6 is 0 Å². The number of nitrogens with one attached hydrogen (secondary N) is 1. The maximum atomic E-state index is 5.51. The van der Waals surface area contributed by atoms with Crippen LogP contribution < -0.4 is 10.1 Å². The summed E-state index contributed by atoms with van der Waals surface area (Å²) in [6.45, 7) is 4.72. The summed E-state index contributed by atoms with van der Waals surface area (Å²) in [5.74, 6) is 1.74. The Balaban J connectivity index is 1.67. The molecule has 0 radical (unpaired) electrons. The lowest BCUT2D eigenvalue weighted by molar-refractivity contribution is 0.174. The van der Waals surface area contributed by atoms with Crippen molar-refractivity contribution in [1.82, 2.24) is 10.2 Å². The quantitative estimate of drug-likeness (QED) is 0.902. The van der Waals surface area contributed by atoms with E-state index in [1.54, 1.807) is 7.11 Å². The van der Waals surface area contributed by atoms with E-state index < -0.39 is 0 Å². The zero-order valence-corrected chi connectivity index (χ0v) is 11.8. The third kappa shape index (κ3) is 2.77. The minimum Gasteiger partial charge on any atom is -0.496 e. The summed E-state index contributed by atoms with van der Waals surface area (Å²) >= 11 is 0. The summed E-state index contributed by atoms with van der Waals surface area (Å²) in [6, 6.07) is 9.30. The van der Waals surface area contributed by atoms with Gasteiger partial charge < -0.3 is 10.1 Å². The van der Waals surface area contributed by atoms with Gasteiger partial charge in [0.25, 0.3) is 0 Å². The van der Waals surface area contributed by atoms with Gasteiger partial charge in [-0.3, -0.25) is 4.90 Å². The van der Waals surface area contributed by atoms with Gasteiger partial charge in [-0.2, -0.15) is 0 Å². The topological polar surface area (TPSA) is 24.5 Å². The van der Waals surface area contributed by atoms with E-state index in [9.17, 15) is 0 Å². The van der Waals surface area contributed by atoms with Crippen molar-refractivity contribution in [1.29, 1.82) is 0 Å². The van der Waals surface area contributed by atoms with Gasteiger partial charge in [0, 0.05) is 32.2 Å². The molecule has 1 aliphatic heterocycles. The normalized spacial score (nSPS) is 28.5. The lowest BCUT2D eigenvalue weighted by Gasteiger charge is -2.32. The molecule has 0 aromatic heterocycles. The minimum absolute atomic E-state index is 0.677. The van der Waals surface area contributed by atoms with Crippen LogP contribution in [0.2, 0.25) is 0 Å². The number of rotatable bonds is 3. The predicted molar refractivity (Wildman–Crippen MR) is 77.8 cm³/mol. The van der Waals surface area contributed by atoms with Gasteiger partial charge in [0.1, 0.15) is 5.75 Å². The summed E-state index contributed by atoms with van der Waals surface area (Å²) in [7, 11) is 1.78. The van der Waals surface area contributed by atoms with E-state index >= 15 is 0 Å². The third-order valence-corrected chi connectivity index (χ3v) is 4.65. The van der Waals surface area contributed by atoms with Crippen LogP contribution in [-0.2, 0) is 0 Å². The van der Waals surface area contributed by atoms with E-state index in [0.29, 0.717) is 5.92 Å². The Morgan fingerprint density at radius 3 is 2.74 bits per heavy atom. The summed E-state index contributed by atoms with van der Waals surface area (Å²) in [4.78, 5) is 2.67. The highest BCUT2D eigenvalue weighted by Crippen LogP contribution is 2.40. The molecule has 3 rings (SSSR count). The Morgan fingerprint density at radius 2 is 1.95 bits per heavy atom. The van der Waals surface area contributed by atoms with Crippen LogP contribution in [0.4, 0.5) is 0 Å². The van der Waals surface area contributed by atoms with Crippen LogP contribution in [0, 0.1) is 0 Å². The van der Waals surface area contributed by atoms with E-state index in [-0.39, 0.29) is 0 Å². The van der Waals surface area contributed by atoms with Crippen molar-refractivity contribution in [3.8, 4) is 5.75 Å². The van der Waals surface area contributed by atoms with E-state index in [1.807, 2.05) is 0 Å². The Labute approximate surface area is 115 Å². The number of hydrogen-bond donors (Lipinski definition) is 1. The average molecular weight is 260 g/mol. The summed E-state index contributed by atoms with van der Waals surface area (Å²) in [6.07, 6.45) is 3.93. The smallest absolute Gasteiger partial charge is 0.122 e. The van der Waals surface area contributed by atoms with Crippen molar-refractivity contribution >= 4 is 0 Å². The molecule has 0 amide bonds. The molecule has 3 heteroatoms. The lowest BCUT2D eigenvalue weighted by Crippen LogP contribution is -2.47. The monoisotopic (exact) mass is 260 g/mol. The number of para-hydroxylation sites is 1. The average Bonchev–Trinajstić information content (AvgIpc) is 2.98. The first kappa shape index (κ1) is 12.9. The second-order valence-electron chi connectivity index (χ2n) is 5.69. The molecule has 19 heavy (non-hydrogen) atoms. The summed E-state index contributed by atoms with van der Waals surface area (Å²) in [5.41, 5.74) is 1.41. The van der Waals surface area contributed by atoms with E-state index in [2.05, 4.69) is 34.5 Å². The van der Waals surface area contributed by atoms with Crippen molar-refractivity contribution in [2.75, 3.05) is 33.3 Å². The molecule has 2 atom stereocenters. The van der Waals surface area contributed by atoms with Crippen LogP contribution in [0.5, 0.6) is 5.75 Å². The van der Waals surface area contributed by atoms with Crippen LogP contribution in [-0.4, -0.2) is 44.2 Å². The molecule has 104 valence electrons. The maximum Gasteiger partial charge on any atom is 0.122 e. The SMILES string of the molecule is COc1ccccc1C1CCC(N2CCNCC2)C1. The van der Waals surface area contributed by atoms with Crippen molar-refractivity contribution in [2.24, 2.45) is 0 Å². The molecule has 2 aliphatic rings. The second-order valence-corrected chi connectivity index (χ2v) is 5.69.